The summed E-state index contributed by atoms with van der Waals surface area (Å²) >= 11 is 0. The molecule has 0 fully saturated rings. The van der Waals surface area contributed by atoms with Gasteiger partial charge in [0.1, 0.15) is 17.9 Å². The fourth-order valence-corrected chi connectivity index (χ4v) is 4.27. The van der Waals surface area contributed by atoms with Crippen LogP contribution in [0.2, 0.25) is 0 Å². The van der Waals surface area contributed by atoms with Crippen LogP contribution in [-0.4, -0.2) is 21.9 Å². The molecule has 0 saturated carbocycles. The van der Waals surface area contributed by atoms with Gasteiger partial charge in [-0.1, -0.05) is 42.5 Å². The molecule has 0 radical (unpaired) electrons. The van der Waals surface area contributed by atoms with Crippen molar-refractivity contribution in [2.75, 3.05) is 12.4 Å². The lowest BCUT2D eigenvalue weighted by atomic mass is 9.91. The Hall–Kier alpha value is -3.60. The van der Waals surface area contributed by atoms with Crippen LogP contribution in [-0.2, 0) is 19.5 Å². The Kier molecular flexibility index (Phi) is 5.40. The number of fused-ring (bicyclic) bond motifs is 1. The molecule has 0 bridgehead atoms. The van der Waals surface area contributed by atoms with Crippen molar-refractivity contribution in [2.24, 2.45) is 0 Å². The van der Waals surface area contributed by atoms with E-state index in [4.69, 9.17) is 4.74 Å². The van der Waals surface area contributed by atoms with Crippen LogP contribution < -0.4 is 10.1 Å². The van der Waals surface area contributed by atoms with Crippen molar-refractivity contribution in [1.29, 1.82) is 0 Å². The second-order valence-corrected chi connectivity index (χ2v) is 8.04. The highest BCUT2D eigenvalue weighted by molar-refractivity contribution is 5.66. The Labute approximate surface area is 182 Å². The minimum absolute atomic E-state index is 0.525. The number of aryl methyl sites for hydroxylation is 1. The number of anilines is 1. The summed E-state index contributed by atoms with van der Waals surface area (Å²) in [5.74, 6) is 2.50. The van der Waals surface area contributed by atoms with Crippen LogP contribution in [0.1, 0.15) is 29.3 Å². The van der Waals surface area contributed by atoms with Crippen molar-refractivity contribution in [3.63, 3.8) is 0 Å². The summed E-state index contributed by atoms with van der Waals surface area (Å²) < 4.78 is 7.53. The summed E-state index contributed by atoms with van der Waals surface area (Å²) in [7, 11) is 1.70. The maximum Gasteiger partial charge on any atom is 0.132 e. The number of ether oxygens (including phenoxy) is 1. The molecule has 3 aromatic carbocycles. The van der Waals surface area contributed by atoms with Crippen molar-refractivity contribution < 1.29 is 4.74 Å². The monoisotopic (exact) mass is 410 g/mol. The van der Waals surface area contributed by atoms with Gasteiger partial charge < -0.3 is 14.6 Å². The van der Waals surface area contributed by atoms with Gasteiger partial charge in [-0.25, -0.2) is 0 Å². The summed E-state index contributed by atoms with van der Waals surface area (Å²) in [4.78, 5) is 0. The minimum Gasteiger partial charge on any atom is -0.497 e. The van der Waals surface area contributed by atoms with Crippen LogP contribution in [0, 0.1) is 0 Å². The van der Waals surface area contributed by atoms with Crippen molar-refractivity contribution >= 4 is 5.69 Å². The molecule has 1 N–H and O–H groups in total. The van der Waals surface area contributed by atoms with E-state index in [0.717, 1.165) is 48.8 Å². The van der Waals surface area contributed by atoms with E-state index in [1.54, 1.807) is 7.11 Å². The zero-order chi connectivity index (χ0) is 21.0. The molecule has 4 aromatic rings. The molecule has 1 aromatic heterocycles. The fraction of sp³-hybridized carbons (Fsp3) is 0.231. The lowest BCUT2D eigenvalue weighted by Gasteiger charge is -2.23. The van der Waals surface area contributed by atoms with Gasteiger partial charge in [-0.05, 0) is 59.0 Å². The van der Waals surface area contributed by atoms with Crippen LogP contribution in [0.4, 0.5) is 5.69 Å². The first-order valence-corrected chi connectivity index (χ1v) is 10.7. The molecule has 2 heterocycles. The second-order valence-electron chi connectivity index (χ2n) is 8.04. The van der Waals surface area contributed by atoms with Gasteiger partial charge >= 0.3 is 0 Å². The molecule has 1 atom stereocenters. The van der Waals surface area contributed by atoms with Gasteiger partial charge in [-0.2, -0.15) is 0 Å². The minimum atomic E-state index is 0.525. The van der Waals surface area contributed by atoms with Gasteiger partial charge in [0.05, 0.1) is 7.11 Å². The molecule has 5 heteroatoms. The van der Waals surface area contributed by atoms with E-state index in [2.05, 4.69) is 80.7 Å². The summed E-state index contributed by atoms with van der Waals surface area (Å²) in [6.45, 7) is 1.75. The summed E-state index contributed by atoms with van der Waals surface area (Å²) in [6.07, 6.45) is 3.97. The van der Waals surface area contributed by atoms with Gasteiger partial charge in [0.15, 0.2) is 0 Å². The second kappa shape index (κ2) is 8.64. The Morgan fingerprint density at radius 2 is 1.81 bits per heavy atom. The van der Waals surface area contributed by atoms with Crippen molar-refractivity contribution in [3.8, 4) is 16.9 Å². The van der Waals surface area contributed by atoms with Crippen LogP contribution in [0.15, 0.2) is 79.1 Å². The number of nitrogens with one attached hydrogen (secondary N) is 1. The zero-order valence-corrected chi connectivity index (χ0v) is 17.7. The number of hydrogen-bond acceptors (Lipinski definition) is 4. The summed E-state index contributed by atoms with van der Waals surface area (Å²) in [5, 5.41) is 11.8. The predicted octanol–water partition coefficient (Wildman–Crippen LogP) is 5.30. The van der Waals surface area contributed by atoms with E-state index in [1.165, 1.54) is 16.7 Å². The average Bonchev–Trinajstić information content (AvgIpc) is 3.31. The van der Waals surface area contributed by atoms with Gasteiger partial charge in [0.25, 0.3) is 0 Å². The van der Waals surface area contributed by atoms with E-state index in [1.807, 2.05) is 18.5 Å². The third kappa shape index (κ3) is 4.31. The largest absolute Gasteiger partial charge is 0.497 e. The molecule has 0 saturated heterocycles. The Bertz CT molecular complexity index is 1170. The third-order valence-corrected chi connectivity index (χ3v) is 6.04. The maximum absolute atomic E-state index is 5.36. The topological polar surface area (TPSA) is 52.0 Å². The standard InChI is InChI=1S/C26H26N4O/c1-31-25-7-3-6-22(15-25)21-5-2-4-19(14-21)16-27-24-11-8-20(9-12-24)23-10-13-26-29-28-18-30(26)17-23/h2-9,11-12,14-15,18,23,27H,10,13,16-17H2,1H3/t23-/m0/s1. The SMILES string of the molecule is COc1cccc(-c2cccc(CNc3ccc([C@H]4CCc5nncn5C4)cc3)c2)c1. The normalized spacial score (nSPS) is 15.3. The highest BCUT2D eigenvalue weighted by Gasteiger charge is 2.20. The van der Waals surface area contributed by atoms with Gasteiger partial charge in [-0.3, -0.25) is 0 Å². The quantitative estimate of drug-likeness (QED) is 0.469. The maximum atomic E-state index is 5.36. The zero-order valence-electron chi connectivity index (χ0n) is 17.7. The molecule has 0 unspecified atom stereocenters. The van der Waals surface area contributed by atoms with E-state index in [9.17, 15) is 0 Å². The predicted molar refractivity (Wildman–Crippen MR) is 123 cm³/mol. The molecule has 31 heavy (non-hydrogen) atoms. The number of hydrogen-bond donors (Lipinski definition) is 1. The lowest BCUT2D eigenvalue weighted by Crippen LogP contribution is -2.18. The fourth-order valence-electron chi connectivity index (χ4n) is 4.27. The van der Waals surface area contributed by atoms with Gasteiger partial charge in [-0.15, -0.1) is 10.2 Å². The van der Waals surface area contributed by atoms with Crippen LogP contribution in [0.3, 0.4) is 0 Å². The van der Waals surface area contributed by atoms with Crippen molar-refractivity contribution in [3.05, 3.63) is 96.1 Å². The Morgan fingerprint density at radius 1 is 1.00 bits per heavy atom. The number of methoxy groups -OCH3 is 1. The molecule has 1 aliphatic rings. The molecular formula is C26H26N4O. The van der Waals surface area contributed by atoms with E-state index >= 15 is 0 Å². The third-order valence-electron chi connectivity index (χ3n) is 6.04. The first kappa shape index (κ1) is 19.4. The highest BCUT2D eigenvalue weighted by Crippen LogP contribution is 2.29. The molecular weight excluding hydrogens is 384 g/mol. The lowest BCUT2D eigenvalue weighted by molar-refractivity contribution is 0.415. The molecule has 5 nitrogen and oxygen atoms in total. The first-order valence-electron chi connectivity index (χ1n) is 10.7. The molecule has 0 spiro atoms. The van der Waals surface area contributed by atoms with Gasteiger partial charge in [0, 0.05) is 31.1 Å². The Balaban J connectivity index is 1.23. The van der Waals surface area contributed by atoms with Crippen LogP contribution >= 0.6 is 0 Å². The van der Waals surface area contributed by atoms with Crippen molar-refractivity contribution in [1.82, 2.24) is 14.8 Å². The average molecular weight is 411 g/mol. The van der Waals surface area contributed by atoms with Gasteiger partial charge in [0.2, 0.25) is 0 Å². The van der Waals surface area contributed by atoms with E-state index < -0.39 is 0 Å². The first-order chi connectivity index (χ1) is 15.3. The Morgan fingerprint density at radius 3 is 2.65 bits per heavy atom. The number of rotatable bonds is 6. The number of aromatic nitrogens is 3. The van der Waals surface area contributed by atoms with Crippen LogP contribution in [0.5, 0.6) is 5.75 Å². The highest BCUT2D eigenvalue weighted by atomic mass is 16.5. The van der Waals surface area contributed by atoms with Crippen LogP contribution in [0.25, 0.3) is 11.1 Å². The number of nitrogens with zero attached hydrogens (tertiary/aromatic N) is 3. The molecule has 5 rings (SSSR count). The summed E-state index contributed by atoms with van der Waals surface area (Å²) in [5.41, 5.74) is 6.12. The van der Waals surface area contributed by atoms with Crippen molar-refractivity contribution in [2.45, 2.75) is 31.8 Å². The molecule has 0 aliphatic carbocycles. The van der Waals surface area contributed by atoms with E-state index in [-0.39, 0.29) is 0 Å². The number of benzene rings is 3. The molecule has 1 aliphatic heterocycles. The smallest absolute Gasteiger partial charge is 0.132 e. The molecule has 156 valence electrons. The van der Waals surface area contributed by atoms with E-state index in [0.29, 0.717) is 5.92 Å². The summed E-state index contributed by atoms with van der Waals surface area (Å²) in [6, 6.07) is 25.7. The molecule has 0 amide bonds.